The number of hydrogen-bond donors (Lipinski definition) is 1. The molecular weight excluding hydrogens is 319 g/mol. The molecule has 2 aliphatic rings. The number of piperidine rings is 1. The zero-order valence-corrected chi connectivity index (χ0v) is 14.2. The maximum absolute atomic E-state index is 13.1. The van der Waals surface area contributed by atoms with Gasteiger partial charge in [0.25, 0.3) is 0 Å². The second-order valence-electron chi connectivity index (χ2n) is 7.05. The lowest BCUT2D eigenvalue weighted by molar-refractivity contribution is -0.0533. The van der Waals surface area contributed by atoms with Gasteiger partial charge in [0.2, 0.25) is 5.95 Å². The molecule has 0 radical (unpaired) electrons. The quantitative estimate of drug-likeness (QED) is 0.926. The van der Waals surface area contributed by atoms with Crippen molar-refractivity contribution in [1.82, 2.24) is 14.9 Å². The monoisotopic (exact) mass is 342 g/mol. The van der Waals surface area contributed by atoms with Crippen LogP contribution in [0.1, 0.15) is 24.8 Å². The van der Waals surface area contributed by atoms with Crippen molar-refractivity contribution in [2.75, 3.05) is 25.0 Å². The first-order valence-electron chi connectivity index (χ1n) is 8.85. The predicted octanol–water partition coefficient (Wildman–Crippen LogP) is 2.85. The lowest BCUT2D eigenvalue weighted by Crippen LogP contribution is -2.47. The van der Waals surface area contributed by atoms with Crippen molar-refractivity contribution in [1.29, 1.82) is 0 Å². The summed E-state index contributed by atoms with van der Waals surface area (Å²) in [6.07, 6.45) is 6.65. The summed E-state index contributed by atoms with van der Waals surface area (Å²) in [5.74, 6) is 0.474. The van der Waals surface area contributed by atoms with Gasteiger partial charge in [-0.15, -0.1) is 0 Å². The van der Waals surface area contributed by atoms with Gasteiger partial charge in [0.05, 0.1) is 18.2 Å². The van der Waals surface area contributed by atoms with Gasteiger partial charge in [-0.05, 0) is 43.1 Å². The molecule has 132 valence electrons. The minimum Gasteiger partial charge on any atom is -0.371 e. The van der Waals surface area contributed by atoms with E-state index in [-0.39, 0.29) is 17.5 Å². The van der Waals surface area contributed by atoms with E-state index in [1.807, 2.05) is 18.2 Å². The van der Waals surface area contributed by atoms with Gasteiger partial charge >= 0.3 is 0 Å². The molecule has 0 saturated carbocycles. The molecule has 6 heteroatoms. The predicted molar refractivity (Wildman–Crippen MR) is 93.7 cm³/mol. The third-order valence-electron chi connectivity index (χ3n) is 5.05. The summed E-state index contributed by atoms with van der Waals surface area (Å²) in [5.41, 5.74) is 1.05. The Labute approximate surface area is 147 Å². The zero-order chi connectivity index (χ0) is 17.1. The Morgan fingerprint density at radius 1 is 1.24 bits per heavy atom. The van der Waals surface area contributed by atoms with E-state index in [1.165, 1.54) is 12.1 Å². The maximum atomic E-state index is 13.1. The van der Waals surface area contributed by atoms with Gasteiger partial charge in [0.1, 0.15) is 5.82 Å². The number of aromatic nitrogens is 2. The zero-order valence-electron chi connectivity index (χ0n) is 14.2. The summed E-state index contributed by atoms with van der Waals surface area (Å²) in [6, 6.07) is 8.84. The highest BCUT2D eigenvalue weighted by Gasteiger charge is 2.43. The highest BCUT2D eigenvalue weighted by Crippen LogP contribution is 2.36. The largest absolute Gasteiger partial charge is 0.371 e. The molecule has 2 aliphatic heterocycles. The molecule has 25 heavy (non-hydrogen) atoms. The molecule has 4 rings (SSSR count). The average Bonchev–Trinajstić information content (AvgIpc) is 3.00. The van der Waals surface area contributed by atoms with Crippen molar-refractivity contribution in [2.24, 2.45) is 0 Å². The summed E-state index contributed by atoms with van der Waals surface area (Å²) in [4.78, 5) is 10.9. The Bertz CT molecular complexity index is 696. The van der Waals surface area contributed by atoms with E-state index in [1.54, 1.807) is 12.4 Å². The number of hydrogen-bond acceptors (Lipinski definition) is 5. The third kappa shape index (κ3) is 3.96. The molecule has 0 amide bonds. The van der Waals surface area contributed by atoms with Crippen LogP contribution in [-0.4, -0.2) is 46.2 Å². The molecule has 2 fully saturated rings. The first-order valence-corrected chi connectivity index (χ1v) is 8.85. The lowest BCUT2D eigenvalue weighted by Gasteiger charge is -2.39. The van der Waals surface area contributed by atoms with Gasteiger partial charge < -0.3 is 10.1 Å². The lowest BCUT2D eigenvalue weighted by atomic mass is 9.88. The molecular formula is C19H23FN4O. The van der Waals surface area contributed by atoms with E-state index in [9.17, 15) is 4.39 Å². The fourth-order valence-electron chi connectivity index (χ4n) is 3.95. The van der Waals surface area contributed by atoms with Crippen molar-refractivity contribution >= 4 is 5.95 Å². The highest BCUT2D eigenvalue weighted by atomic mass is 19.1. The van der Waals surface area contributed by atoms with Crippen molar-refractivity contribution in [2.45, 2.75) is 37.5 Å². The number of nitrogens with one attached hydrogen (secondary N) is 1. The van der Waals surface area contributed by atoms with Crippen LogP contribution in [0, 0.1) is 5.82 Å². The van der Waals surface area contributed by atoms with Gasteiger partial charge in [0, 0.05) is 31.9 Å². The Hall–Kier alpha value is -2.05. The smallest absolute Gasteiger partial charge is 0.222 e. The number of anilines is 1. The van der Waals surface area contributed by atoms with Crippen LogP contribution in [0.2, 0.25) is 0 Å². The minimum atomic E-state index is -0.185. The van der Waals surface area contributed by atoms with Crippen molar-refractivity contribution in [3.05, 3.63) is 54.1 Å². The first kappa shape index (κ1) is 16.4. The van der Waals surface area contributed by atoms with E-state index < -0.39 is 0 Å². The standard InChI is InChI=1S/C19H23FN4O/c20-16-5-3-15(4-6-16)12-24-10-1-7-19(14-24)11-17(13-25-19)23-18-21-8-2-9-22-18/h2-6,8-9,17H,1,7,10-14H2,(H,21,22,23)/t17-,19-/m0/s1. The van der Waals surface area contributed by atoms with Crippen molar-refractivity contribution in [3.63, 3.8) is 0 Å². The van der Waals surface area contributed by atoms with Crippen LogP contribution in [0.15, 0.2) is 42.7 Å². The van der Waals surface area contributed by atoms with Crippen LogP contribution < -0.4 is 5.32 Å². The van der Waals surface area contributed by atoms with Gasteiger partial charge in [-0.2, -0.15) is 0 Å². The SMILES string of the molecule is Fc1ccc(CN2CCC[C@]3(C[C@H](Nc4ncccn4)CO3)C2)cc1. The average molecular weight is 342 g/mol. The number of likely N-dealkylation sites (tertiary alicyclic amines) is 1. The third-order valence-corrected chi connectivity index (χ3v) is 5.05. The fourth-order valence-corrected chi connectivity index (χ4v) is 3.95. The number of benzene rings is 1. The second-order valence-corrected chi connectivity index (χ2v) is 7.05. The molecule has 1 N–H and O–H groups in total. The van der Waals surface area contributed by atoms with E-state index in [2.05, 4.69) is 20.2 Å². The Kier molecular flexibility index (Phi) is 4.63. The number of rotatable bonds is 4. The summed E-state index contributed by atoms with van der Waals surface area (Å²) in [7, 11) is 0. The molecule has 2 atom stereocenters. The van der Waals surface area contributed by atoms with Crippen LogP contribution in [0.25, 0.3) is 0 Å². The van der Waals surface area contributed by atoms with E-state index >= 15 is 0 Å². The summed E-state index contributed by atoms with van der Waals surface area (Å²) in [6.45, 7) is 3.49. The molecule has 0 unspecified atom stereocenters. The van der Waals surface area contributed by atoms with Gasteiger partial charge in [-0.25, -0.2) is 14.4 Å². The molecule has 5 nitrogen and oxygen atoms in total. The van der Waals surface area contributed by atoms with Crippen LogP contribution in [0.3, 0.4) is 0 Å². The normalized spacial score (nSPS) is 26.8. The molecule has 0 aliphatic carbocycles. The number of ether oxygens (including phenoxy) is 1. The van der Waals surface area contributed by atoms with Gasteiger partial charge in [0.15, 0.2) is 0 Å². The van der Waals surface area contributed by atoms with Gasteiger partial charge in [-0.1, -0.05) is 12.1 Å². The molecule has 3 heterocycles. The van der Waals surface area contributed by atoms with Crippen LogP contribution >= 0.6 is 0 Å². The topological polar surface area (TPSA) is 50.3 Å². The summed E-state index contributed by atoms with van der Waals surface area (Å²) >= 11 is 0. The van der Waals surface area contributed by atoms with E-state index in [0.717, 1.165) is 44.5 Å². The van der Waals surface area contributed by atoms with Crippen LogP contribution in [0.5, 0.6) is 0 Å². The summed E-state index contributed by atoms with van der Waals surface area (Å²) < 4.78 is 19.3. The van der Waals surface area contributed by atoms with E-state index in [0.29, 0.717) is 12.6 Å². The van der Waals surface area contributed by atoms with Crippen molar-refractivity contribution < 1.29 is 9.13 Å². The Balaban J connectivity index is 1.36. The molecule has 1 spiro atoms. The minimum absolute atomic E-state index is 0.0925. The molecule has 2 saturated heterocycles. The van der Waals surface area contributed by atoms with E-state index in [4.69, 9.17) is 4.74 Å². The number of nitrogens with zero attached hydrogens (tertiary/aromatic N) is 3. The fraction of sp³-hybridized carbons (Fsp3) is 0.474. The summed E-state index contributed by atoms with van der Waals surface area (Å²) in [5, 5.41) is 3.38. The Morgan fingerprint density at radius 3 is 2.84 bits per heavy atom. The second kappa shape index (κ2) is 7.06. The number of halogens is 1. The highest BCUT2D eigenvalue weighted by molar-refractivity contribution is 5.25. The maximum Gasteiger partial charge on any atom is 0.222 e. The molecule has 2 aromatic rings. The van der Waals surface area contributed by atoms with Crippen LogP contribution in [-0.2, 0) is 11.3 Å². The molecule has 1 aromatic heterocycles. The van der Waals surface area contributed by atoms with Crippen LogP contribution in [0.4, 0.5) is 10.3 Å². The van der Waals surface area contributed by atoms with Gasteiger partial charge in [-0.3, -0.25) is 4.90 Å². The first-order chi connectivity index (χ1) is 12.2. The Morgan fingerprint density at radius 2 is 2.04 bits per heavy atom. The molecule has 0 bridgehead atoms. The van der Waals surface area contributed by atoms with Crippen molar-refractivity contribution in [3.8, 4) is 0 Å². The molecule has 1 aromatic carbocycles.